The summed E-state index contributed by atoms with van der Waals surface area (Å²) in [6, 6.07) is 2.16. The van der Waals surface area contributed by atoms with E-state index in [0.717, 1.165) is 4.34 Å². The van der Waals surface area contributed by atoms with Gasteiger partial charge in [0.2, 0.25) is 0 Å². The highest BCUT2D eigenvalue weighted by Gasteiger charge is 2.15. The summed E-state index contributed by atoms with van der Waals surface area (Å²) < 4.78 is 0.912. The summed E-state index contributed by atoms with van der Waals surface area (Å²) in [4.78, 5) is 1.76. The summed E-state index contributed by atoms with van der Waals surface area (Å²) in [6.45, 7) is 6.44. The maximum Gasteiger partial charge on any atom is 0.0960 e. The van der Waals surface area contributed by atoms with E-state index in [1.807, 2.05) is 6.92 Å². The van der Waals surface area contributed by atoms with Crippen LogP contribution in [0.15, 0.2) is 6.07 Å². The quantitative estimate of drug-likeness (QED) is 0.675. The lowest BCUT2D eigenvalue weighted by atomic mass is 10.1. The van der Waals surface area contributed by atoms with Crippen molar-refractivity contribution in [1.29, 1.82) is 0 Å². The molecule has 0 amide bonds. The van der Waals surface area contributed by atoms with Gasteiger partial charge in [-0.2, -0.15) is 0 Å². The van der Waals surface area contributed by atoms with Crippen molar-refractivity contribution in [3.8, 4) is 0 Å². The van der Waals surface area contributed by atoms with Crippen LogP contribution >= 0.6 is 38.9 Å². The van der Waals surface area contributed by atoms with Crippen molar-refractivity contribution in [2.24, 2.45) is 5.92 Å². The summed E-state index contributed by atoms with van der Waals surface area (Å²) in [7, 11) is 0. The third kappa shape index (κ3) is 2.24. The van der Waals surface area contributed by atoms with Gasteiger partial charge >= 0.3 is 0 Å². The fraction of sp³-hybridized carbons (Fsp3) is 0.556. The Morgan fingerprint density at radius 3 is 2.42 bits per heavy atom. The van der Waals surface area contributed by atoms with Crippen molar-refractivity contribution in [2.45, 2.75) is 25.6 Å². The number of hydrogen-bond donors (Lipinski definition) is 0. The number of thiophene rings is 1. The highest BCUT2D eigenvalue weighted by Crippen LogP contribution is 2.38. The van der Waals surface area contributed by atoms with Crippen LogP contribution in [0, 0.1) is 12.8 Å². The molecule has 12 heavy (non-hydrogen) atoms. The molecular formula is C9H12BrClS. The molecular weight excluding hydrogens is 256 g/mol. The minimum atomic E-state index is 0.439. The first-order chi connectivity index (χ1) is 5.52. The first kappa shape index (κ1) is 10.6. The van der Waals surface area contributed by atoms with Gasteiger partial charge in [-0.25, -0.2) is 0 Å². The highest BCUT2D eigenvalue weighted by atomic mass is 79.9. The summed E-state index contributed by atoms with van der Waals surface area (Å²) >= 11 is 11.3. The van der Waals surface area contributed by atoms with Gasteiger partial charge in [0.05, 0.1) is 9.16 Å². The Balaban J connectivity index is 2.89. The molecule has 0 aliphatic rings. The van der Waals surface area contributed by atoms with Gasteiger partial charge in [0, 0.05) is 4.88 Å². The Labute approximate surface area is 91.1 Å². The maximum absolute atomic E-state index is 5.98. The van der Waals surface area contributed by atoms with E-state index in [1.54, 1.807) is 11.3 Å². The summed E-state index contributed by atoms with van der Waals surface area (Å²) in [6.07, 6.45) is 0. The van der Waals surface area contributed by atoms with Crippen LogP contribution in [0.4, 0.5) is 0 Å². The first-order valence-corrected chi connectivity index (χ1v) is 6.03. The number of aryl methyl sites for hydroxylation is 1. The highest BCUT2D eigenvalue weighted by molar-refractivity contribution is 9.09. The molecule has 0 saturated heterocycles. The molecule has 0 spiro atoms. The van der Waals surface area contributed by atoms with Crippen LogP contribution in [0.5, 0.6) is 0 Å². The van der Waals surface area contributed by atoms with E-state index in [4.69, 9.17) is 11.6 Å². The van der Waals surface area contributed by atoms with Gasteiger partial charge in [-0.1, -0.05) is 41.4 Å². The minimum absolute atomic E-state index is 0.439. The van der Waals surface area contributed by atoms with Gasteiger partial charge in [0.15, 0.2) is 0 Å². The second kappa shape index (κ2) is 4.12. The zero-order valence-corrected chi connectivity index (χ0v) is 10.6. The predicted octanol–water partition coefficient (Wildman–Crippen LogP) is 4.80. The van der Waals surface area contributed by atoms with Crippen molar-refractivity contribution < 1.29 is 0 Å². The Bertz CT molecular complexity index is 248. The van der Waals surface area contributed by atoms with Gasteiger partial charge in [-0.15, -0.1) is 11.3 Å². The van der Waals surface area contributed by atoms with E-state index < -0.39 is 0 Å². The van der Waals surface area contributed by atoms with Crippen molar-refractivity contribution in [3.63, 3.8) is 0 Å². The van der Waals surface area contributed by atoms with Crippen LogP contribution in [-0.4, -0.2) is 0 Å². The molecule has 0 N–H and O–H groups in total. The van der Waals surface area contributed by atoms with Gasteiger partial charge in [0.1, 0.15) is 0 Å². The largest absolute Gasteiger partial charge is 0.127 e. The second-order valence-corrected chi connectivity index (χ2v) is 5.92. The lowest BCUT2D eigenvalue weighted by Gasteiger charge is -2.10. The molecule has 1 heterocycles. The predicted molar refractivity (Wildman–Crippen MR) is 60.6 cm³/mol. The van der Waals surface area contributed by atoms with E-state index in [-0.39, 0.29) is 0 Å². The van der Waals surface area contributed by atoms with Gasteiger partial charge in [-0.05, 0) is 24.5 Å². The molecule has 0 radical (unpaired) electrons. The molecule has 0 saturated carbocycles. The van der Waals surface area contributed by atoms with Crippen LogP contribution in [0.2, 0.25) is 4.34 Å². The molecule has 0 aliphatic heterocycles. The molecule has 0 bridgehead atoms. The SMILES string of the molecule is Cc1cc(C(Br)C(C)C)sc1Cl. The molecule has 1 rings (SSSR count). The molecule has 1 aromatic rings. The van der Waals surface area contributed by atoms with Crippen molar-refractivity contribution in [2.75, 3.05) is 0 Å². The molecule has 0 aromatic carbocycles. The average Bonchev–Trinajstić information content (AvgIpc) is 2.30. The van der Waals surface area contributed by atoms with Crippen LogP contribution in [0.25, 0.3) is 0 Å². The second-order valence-electron chi connectivity index (χ2n) is 3.25. The molecule has 0 fully saturated rings. The Morgan fingerprint density at radius 1 is 1.50 bits per heavy atom. The van der Waals surface area contributed by atoms with Crippen molar-refractivity contribution in [3.05, 3.63) is 20.8 Å². The standard InChI is InChI=1S/C9H12BrClS/c1-5(2)8(10)7-4-6(3)9(11)12-7/h4-5,8H,1-3H3. The van der Waals surface area contributed by atoms with Crippen LogP contribution < -0.4 is 0 Å². The zero-order chi connectivity index (χ0) is 9.30. The lowest BCUT2D eigenvalue weighted by molar-refractivity contribution is 0.648. The number of alkyl halides is 1. The Morgan fingerprint density at radius 2 is 2.08 bits per heavy atom. The van der Waals surface area contributed by atoms with E-state index in [0.29, 0.717) is 10.7 Å². The monoisotopic (exact) mass is 266 g/mol. The zero-order valence-electron chi connectivity index (χ0n) is 7.40. The number of hydrogen-bond acceptors (Lipinski definition) is 1. The van der Waals surface area contributed by atoms with Gasteiger partial charge in [0.25, 0.3) is 0 Å². The molecule has 0 nitrogen and oxygen atoms in total. The van der Waals surface area contributed by atoms with Crippen molar-refractivity contribution >= 4 is 38.9 Å². The van der Waals surface area contributed by atoms with Gasteiger partial charge in [-0.3, -0.25) is 0 Å². The fourth-order valence-corrected chi connectivity index (χ4v) is 2.73. The molecule has 68 valence electrons. The maximum atomic E-state index is 5.98. The average molecular weight is 268 g/mol. The number of rotatable bonds is 2. The lowest BCUT2D eigenvalue weighted by Crippen LogP contribution is -1.95. The van der Waals surface area contributed by atoms with Crippen molar-refractivity contribution in [1.82, 2.24) is 0 Å². The third-order valence-electron chi connectivity index (χ3n) is 1.73. The molecule has 0 aliphatic carbocycles. The van der Waals surface area contributed by atoms with E-state index >= 15 is 0 Å². The Hall–Kier alpha value is 0.470. The summed E-state index contributed by atoms with van der Waals surface area (Å²) in [5.41, 5.74) is 1.18. The van der Waals surface area contributed by atoms with E-state index in [9.17, 15) is 0 Å². The normalized spacial score (nSPS) is 13.8. The van der Waals surface area contributed by atoms with Crippen LogP contribution in [-0.2, 0) is 0 Å². The van der Waals surface area contributed by atoms with E-state index in [1.165, 1.54) is 10.4 Å². The summed E-state index contributed by atoms with van der Waals surface area (Å²) in [5, 5.41) is 0. The third-order valence-corrected chi connectivity index (χ3v) is 5.23. The topological polar surface area (TPSA) is 0 Å². The van der Waals surface area contributed by atoms with Gasteiger partial charge < -0.3 is 0 Å². The number of halogens is 2. The van der Waals surface area contributed by atoms with E-state index in [2.05, 4.69) is 35.8 Å². The molecule has 3 heteroatoms. The smallest absolute Gasteiger partial charge is 0.0960 e. The van der Waals surface area contributed by atoms with Crippen LogP contribution in [0.1, 0.15) is 29.1 Å². The summed E-state index contributed by atoms with van der Waals surface area (Å²) in [5.74, 6) is 0.610. The van der Waals surface area contributed by atoms with Crippen LogP contribution in [0.3, 0.4) is 0 Å². The minimum Gasteiger partial charge on any atom is -0.127 e. The molecule has 1 unspecified atom stereocenters. The first-order valence-electron chi connectivity index (χ1n) is 3.92. The molecule has 1 atom stereocenters. The molecule has 1 aromatic heterocycles. The Kier molecular flexibility index (Phi) is 3.62. The fourth-order valence-electron chi connectivity index (χ4n) is 0.948.